The molecule has 3 heterocycles. The van der Waals surface area contributed by atoms with Gasteiger partial charge in [0.25, 0.3) is 0 Å². The molecule has 2 atom stereocenters. The van der Waals surface area contributed by atoms with Crippen LogP contribution in [0.4, 0.5) is 0 Å². The molecular weight excluding hydrogens is 392 g/mol. The summed E-state index contributed by atoms with van der Waals surface area (Å²) in [5, 5.41) is 5.38. The molecule has 0 bridgehead atoms. The largest absolute Gasteiger partial charge is 0.488 e. The zero-order chi connectivity index (χ0) is 21.2. The first-order valence-electron chi connectivity index (χ1n) is 10.8. The third-order valence-corrected chi connectivity index (χ3v) is 6.11. The maximum absolute atomic E-state index is 12.6. The quantitative estimate of drug-likeness (QED) is 0.686. The van der Waals surface area contributed by atoms with Gasteiger partial charge in [0.1, 0.15) is 11.9 Å². The summed E-state index contributed by atoms with van der Waals surface area (Å²) in [6.45, 7) is 5.41. The first-order valence-corrected chi connectivity index (χ1v) is 10.8. The number of nitrogens with one attached hydrogen (secondary N) is 1. The van der Waals surface area contributed by atoms with Gasteiger partial charge in [0.2, 0.25) is 5.91 Å². The van der Waals surface area contributed by atoms with Crippen molar-refractivity contribution in [2.24, 2.45) is 0 Å². The lowest BCUT2D eigenvalue weighted by Gasteiger charge is -2.31. The summed E-state index contributed by atoms with van der Waals surface area (Å²) in [5.41, 5.74) is 2.19. The average molecular weight is 418 g/mol. The monoisotopic (exact) mass is 418 g/mol. The van der Waals surface area contributed by atoms with Gasteiger partial charge in [-0.3, -0.25) is 9.69 Å². The summed E-state index contributed by atoms with van der Waals surface area (Å²) in [5.74, 6) is 1.66. The Kier molecular flexibility index (Phi) is 5.53. The lowest BCUT2D eigenvalue weighted by molar-refractivity contribution is -0.127. The van der Waals surface area contributed by atoms with Crippen molar-refractivity contribution in [2.75, 3.05) is 32.8 Å². The van der Waals surface area contributed by atoms with E-state index in [4.69, 9.17) is 9.47 Å². The van der Waals surface area contributed by atoms with Crippen LogP contribution in [0.25, 0.3) is 22.2 Å². The average Bonchev–Trinajstić information content (AvgIpc) is 3.26. The Morgan fingerprint density at radius 1 is 1.19 bits per heavy atom. The predicted octanol–water partition coefficient (Wildman–Crippen LogP) is 2.44. The molecule has 0 saturated carbocycles. The Hall–Kier alpha value is -3.03. The van der Waals surface area contributed by atoms with E-state index in [1.54, 1.807) is 12.4 Å². The highest BCUT2D eigenvalue weighted by Crippen LogP contribution is 2.36. The number of hydrogen-bond acceptors (Lipinski definition) is 6. The molecule has 1 fully saturated rings. The Balaban J connectivity index is 1.26. The number of benzene rings is 2. The van der Waals surface area contributed by atoms with Crippen LogP contribution in [0.15, 0.2) is 48.8 Å². The molecule has 0 spiro atoms. The highest BCUT2D eigenvalue weighted by Gasteiger charge is 2.27. The Morgan fingerprint density at radius 2 is 2.00 bits per heavy atom. The van der Waals surface area contributed by atoms with Gasteiger partial charge in [-0.1, -0.05) is 18.2 Å². The lowest BCUT2D eigenvalue weighted by atomic mass is 9.99. The topological polar surface area (TPSA) is 76.6 Å². The molecule has 1 saturated heterocycles. The van der Waals surface area contributed by atoms with E-state index >= 15 is 0 Å². The number of nitrogens with zero attached hydrogens (tertiary/aromatic N) is 3. The SMILES string of the molecule is CC(C(=O)NCC1Cc2c(ccc3cc(-c4ncccn4)ccc23)O1)N1CCOCC1. The first kappa shape index (κ1) is 19.9. The van der Waals surface area contributed by atoms with Crippen molar-refractivity contribution in [1.82, 2.24) is 20.2 Å². The highest BCUT2D eigenvalue weighted by molar-refractivity contribution is 5.91. The minimum atomic E-state index is -0.160. The van der Waals surface area contributed by atoms with E-state index in [1.807, 2.05) is 19.1 Å². The second-order valence-electron chi connectivity index (χ2n) is 8.06. The molecule has 3 aromatic rings. The van der Waals surface area contributed by atoms with Crippen molar-refractivity contribution in [3.8, 4) is 17.1 Å². The van der Waals surface area contributed by atoms with Crippen LogP contribution in [0.1, 0.15) is 12.5 Å². The summed E-state index contributed by atoms with van der Waals surface area (Å²) >= 11 is 0. The molecule has 7 heteroatoms. The van der Waals surface area contributed by atoms with Gasteiger partial charge in [-0.2, -0.15) is 0 Å². The molecule has 1 amide bonds. The molecule has 2 aliphatic rings. The number of fused-ring (bicyclic) bond motifs is 3. The van der Waals surface area contributed by atoms with Gasteiger partial charge in [-0.15, -0.1) is 0 Å². The molecule has 2 aromatic carbocycles. The van der Waals surface area contributed by atoms with Crippen molar-refractivity contribution >= 4 is 16.7 Å². The number of ether oxygens (including phenoxy) is 2. The minimum Gasteiger partial charge on any atom is -0.488 e. The molecule has 31 heavy (non-hydrogen) atoms. The smallest absolute Gasteiger partial charge is 0.237 e. The predicted molar refractivity (Wildman–Crippen MR) is 118 cm³/mol. The summed E-state index contributed by atoms with van der Waals surface area (Å²) in [4.78, 5) is 23.4. The van der Waals surface area contributed by atoms with Crippen LogP contribution >= 0.6 is 0 Å². The van der Waals surface area contributed by atoms with E-state index in [2.05, 4.69) is 44.5 Å². The van der Waals surface area contributed by atoms with Gasteiger partial charge < -0.3 is 14.8 Å². The summed E-state index contributed by atoms with van der Waals surface area (Å²) < 4.78 is 11.5. The number of rotatable bonds is 5. The normalized spacial score (nSPS) is 19.6. The fourth-order valence-electron chi connectivity index (χ4n) is 4.34. The van der Waals surface area contributed by atoms with Crippen LogP contribution in [-0.4, -0.2) is 65.8 Å². The Bertz CT molecular complexity index is 1080. The first-order chi connectivity index (χ1) is 15.2. The summed E-state index contributed by atoms with van der Waals surface area (Å²) in [6, 6.07) is 12.0. The van der Waals surface area contributed by atoms with Crippen LogP contribution in [-0.2, 0) is 16.0 Å². The third-order valence-electron chi connectivity index (χ3n) is 6.11. The number of carbonyl (C=O) groups is 1. The summed E-state index contributed by atoms with van der Waals surface area (Å²) in [7, 11) is 0. The highest BCUT2D eigenvalue weighted by atomic mass is 16.5. The van der Waals surface area contributed by atoms with Crippen molar-refractivity contribution < 1.29 is 14.3 Å². The van der Waals surface area contributed by atoms with E-state index in [-0.39, 0.29) is 18.1 Å². The molecule has 1 aromatic heterocycles. The van der Waals surface area contributed by atoms with Gasteiger partial charge >= 0.3 is 0 Å². The molecule has 2 unspecified atom stereocenters. The Labute approximate surface area is 181 Å². The van der Waals surface area contributed by atoms with Crippen molar-refractivity contribution in [1.29, 1.82) is 0 Å². The maximum Gasteiger partial charge on any atom is 0.237 e. The van der Waals surface area contributed by atoms with Gasteiger partial charge in [0, 0.05) is 43.0 Å². The maximum atomic E-state index is 12.6. The fraction of sp³-hybridized carbons (Fsp3) is 0.375. The third kappa shape index (κ3) is 4.11. The van der Waals surface area contributed by atoms with Gasteiger partial charge in [-0.05, 0) is 35.9 Å². The van der Waals surface area contributed by atoms with E-state index in [9.17, 15) is 4.79 Å². The minimum absolute atomic E-state index is 0.0406. The molecule has 1 N–H and O–H groups in total. The zero-order valence-corrected chi connectivity index (χ0v) is 17.6. The molecule has 160 valence electrons. The molecule has 0 aliphatic carbocycles. The second kappa shape index (κ2) is 8.61. The van der Waals surface area contributed by atoms with Crippen molar-refractivity contribution in [3.63, 3.8) is 0 Å². The molecule has 2 aliphatic heterocycles. The molecule has 0 radical (unpaired) electrons. The van der Waals surface area contributed by atoms with Crippen LogP contribution < -0.4 is 10.1 Å². The lowest BCUT2D eigenvalue weighted by Crippen LogP contribution is -2.50. The molecule has 5 rings (SSSR count). The van der Waals surface area contributed by atoms with Crippen LogP contribution in [0, 0.1) is 0 Å². The van der Waals surface area contributed by atoms with Crippen molar-refractivity contribution in [3.05, 3.63) is 54.4 Å². The standard InChI is InChI=1S/C24H26N4O3/c1-16(28-9-11-30-12-10-28)24(29)27-15-19-14-21-20-5-3-18(23-25-7-2-8-26-23)13-17(20)4-6-22(21)31-19/h2-8,13,16,19H,9-12,14-15H2,1H3,(H,27,29). The van der Waals surface area contributed by atoms with Crippen molar-refractivity contribution in [2.45, 2.75) is 25.5 Å². The summed E-state index contributed by atoms with van der Waals surface area (Å²) in [6.07, 6.45) is 4.22. The number of aromatic nitrogens is 2. The van der Waals surface area contributed by atoms with Gasteiger partial charge in [-0.25, -0.2) is 9.97 Å². The van der Waals surface area contributed by atoms with E-state index in [0.717, 1.165) is 42.0 Å². The number of carbonyl (C=O) groups excluding carboxylic acids is 1. The van der Waals surface area contributed by atoms with Crippen LogP contribution in [0.3, 0.4) is 0 Å². The van der Waals surface area contributed by atoms with E-state index in [1.165, 1.54) is 10.9 Å². The second-order valence-corrected chi connectivity index (χ2v) is 8.06. The molecule has 7 nitrogen and oxygen atoms in total. The number of amides is 1. The zero-order valence-electron chi connectivity index (χ0n) is 17.6. The van der Waals surface area contributed by atoms with Gasteiger partial charge in [0.05, 0.1) is 25.8 Å². The number of hydrogen-bond donors (Lipinski definition) is 1. The van der Waals surface area contributed by atoms with E-state index in [0.29, 0.717) is 19.8 Å². The number of morpholine rings is 1. The fourth-order valence-corrected chi connectivity index (χ4v) is 4.34. The van der Waals surface area contributed by atoms with Gasteiger partial charge in [0.15, 0.2) is 5.82 Å². The molecular formula is C24H26N4O3. The van der Waals surface area contributed by atoms with Crippen LogP contribution in [0.2, 0.25) is 0 Å². The van der Waals surface area contributed by atoms with E-state index < -0.39 is 0 Å². The Morgan fingerprint density at radius 3 is 2.81 bits per heavy atom. The van der Waals surface area contributed by atoms with Crippen LogP contribution in [0.5, 0.6) is 5.75 Å².